The van der Waals surface area contributed by atoms with Gasteiger partial charge in [-0.15, -0.1) is 3.63 Å². The van der Waals surface area contributed by atoms with Gasteiger partial charge in [0.25, 0.3) is 50.8 Å². The standard InChI is InChI=1S/C17H18F2N4O2S.C17H16F2N4OS.C15H15N3OS.C10H12F2O4S.C3H6F2O2.C2F6O5S2/c1-16(2,3)12-5-4-10(7-21-12)13-11(6-20)14(25)23-15(22-13)26-9-17(18,19)8-24;1-16(2,3)12-5-4-10(7-21-12)13-11(6-20)14(24)23-8-17(18,19)9-25-15(23)22-13;1-15(2,3)12-5-4-9(8-17-12)10-6-13(20)18-14(19)11(10)7-16;1-8-2-4-9(5-3-8)17(14,15)16-7-10(11,12)6-13;4-3(5,1-6)2-7;3-1(4,5)14(9,10)13-15(11,12)2(6,7)8/h4-5,7,24H,8-9H2,1-3H3,(H,22,23,25);4-5,7H,8-9H2,1-3H3;4-5,8H,6H2,1-3H3,(H,18,19,20);2-5,13H,6-7H2,1H3;6-7H,1-2H2;. The van der Waals surface area contributed by atoms with E-state index >= 15 is 0 Å². The van der Waals surface area contributed by atoms with Crippen molar-refractivity contribution in [2.45, 2.75) is 148 Å². The SMILES string of the molecule is CC(C)(C)c1ccc(-c2nc(SCC(F)(F)CO)[nH]c(=O)c2C#N)cn1.CC(C)(C)c1ccc(-c2nc3n(c(=O)c2C#N)CC(F)(F)CS3)cn1.CC(C)(C)c1ccc(C2=C(C#N)C(=O)NC(=S)C2)cn1.Cc1ccc(S(=O)(=O)OCC(F)(F)CO)cc1.O=S(=O)(OS(=O)(=O)C(F)(F)F)C(F)(F)F.OCC(F)(F)CO. The number of aliphatic hydroxyl groups is 4. The molecule has 2 aliphatic rings. The van der Waals surface area contributed by atoms with Crippen LogP contribution in [0, 0.1) is 40.9 Å². The summed E-state index contributed by atoms with van der Waals surface area (Å²) in [6, 6.07) is 22.0. The molecule has 6 N–H and O–H groups in total. The number of amides is 1. The van der Waals surface area contributed by atoms with Gasteiger partial charge < -0.3 is 30.7 Å². The molecule has 5 aromatic heterocycles. The highest BCUT2D eigenvalue weighted by atomic mass is 32.3. The van der Waals surface area contributed by atoms with E-state index in [1.165, 1.54) is 30.5 Å². The lowest BCUT2D eigenvalue weighted by atomic mass is 9.90. The summed E-state index contributed by atoms with van der Waals surface area (Å²) in [5.41, 5.74) is -8.54. The number of thioether (sulfide) groups is 2. The molecule has 110 heavy (non-hydrogen) atoms. The molecule has 0 fully saturated rings. The molecule has 0 saturated heterocycles. The number of nitrogens with one attached hydrogen (secondary N) is 2. The van der Waals surface area contributed by atoms with Gasteiger partial charge in [0.15, 0.2) is 10.3 Å². The fourth-order valence-electron chi connectivity index (χ4n) is 7.78. The van der Waals surface area contributed by atoms with Crippen LogP contribution in [-0.2, 0) is 65.8 Å². The first-order chi connectivity index (χ1) is 50.1. The number of halogens is 14. The van der Waals surface area contributed by atoms with Crippen LogP contribution in [0.1, 0.15) is 108 Å². The van der Waals surface area contributed by atoms with E-state index < -0.39 is 133 Å². The van der Waals surface area contributed by atoms with Crippen LogP contribution in [0.4, 0.5) is 61.5 Å². The first kappa shape index (κ1) is 95.7. The molecular weight excluding hydrogens is 1620 g/mol. The number of hydrogen-bond donors (Lipinski definition) is 6. The molecule has 46 heteroatoms. The summed E-state index contributed by atoms with van der Waals surface area (Å²) in [7, 11) is -17.9. The number of alkyl halides is 14. The molecule has 0 bridgehead atoms. The molecule has 7 heterocycles. The lowest BCUT2D eigenvalue weighted by Gasteiger charge is -2.25. The second-order valence-electron chi connectivity index (χ2n) is 25.9. The van der Waals surface area contributed by atoms with E-state index in [9.17, 15) is 112 Å². The average molecular weight is 1690 g/mol. The Morgan fingerprint density at radius 1 is 0.609 bits per heavy atom. The van der Waals surface area contributed by atoms with E-state index in [1.54, 1.807) is 49.7 Å². The number of hydrogen-bond acceptors (Lipinski definition) is 26. The summed E-state index contributed by atoms with van der Waals surface area (Å²) in [6.07, 6.45) is 5.15. The van der Waals surface area contributed by atoms with Gasteiger partial charge in [-0.1, -0.05) is 122 Å². The van der Waals surface area contributed by atoms with Gasteiger partial charge in [-0.2, -0.15) is 67.4 Å². The first-order valence-corrected chi connectivity index (χ1v) is 37.2. The topological polar surface area (TPSA) is 422 Å². The predicted molar refractivity (Wildman–Crippen MR) is 372 cm³/mol. The first-order valence-electron chi connectivity index (χ1n) is 30.6. The van der Waals surface area contributed by atoms with Crippen molar-refractivity contribution in [1.82, 2.24) is 39.8 Å². The maximum absolute atomic E-state index is 13.6. The van der Waals surface area contributed by atoms with E-state index in [-0.39, 0.29) is 59.5 Å². The Kier molecular flexibility index (Phi) is 32.8. The van der Waals surface area contributed by atoms with Crippen molar-refractivity contribution in [3.63, 3.8) is 0 Å². The number of rotatable bonds is 16. The number of aliphatic hydroxyl groups excluding tert-OH is 4. The minimum atomic E-state index is -6.85. The number of thiocarbonyl (C=S) groups is 1. The van der Waals surface area contributed by atoms with Crippen molar-refractivity contribution < 1.29 is 120 Å². The van der Waals surface area contributed by atoms with Crippen LogP contribution in [0.3, 0.4) is 0 Å². The lowest BCUT2D eigenvalue weighted by Crippen LogP contribution is -2.39. The van der Waals surface area contributed by atoms with Gasteiger partial charge in [0.05, 0.1) is 39.3 Å². The number of aromatic amines is 1. The van der Waals surface area contributed by atoms with Gasteiger partial charge in [-0.05, 0) is 60.5 Å². The maximum atomic E-state index is 13.6. The summed E-state index contributed by atoms with van der Waals surface area (Å²) in [5, 5.41) is 62.6. The Morgan fingerprint density at radius 3 is 1.41 bits per heavy atom. The number of aryl methyl sites for hydroxylation is 1. The second-order valence-corrected chi connectivity index (χ2v) is 33.2. The third kappa shape index (κ3) is 28.1. The third-order valence-corrected chi connectivity index (χ3v) is 19.9. The van der Waals surface area contributed by atoms with E-state index in [0.29, 0.717) is 39.9 Å². The van der Waals surface area contributed by atoms with Crippen LogP contribution in [0.25, 0.3) is 28.1 Å². The Labute approximate surface area is 633 Å². The fraction of sp³-hybridized carbons (Fsp3) is 0.438. The quantitative estimate of drug-likeness (QED) is 0.0131. The molecule has 26 nitrogen and oxygen atoms in total. The summed E-state index contributed by atoms with van der Waals surface area (Å²) in [4.78, 5) is 60.5. The molecule has 0 atom stereocenters. The molecule has 602 valence electrons. The summed E-state index contributed by atoms with van der Waals surface area (Å²) < 4.78 is 240. The second kappa shape index (κ2) is 37.7. The number of carbonyl (C=O) groups is 1. The monoisotopic (exact) mass is 1690 g/mol. The largest absolute Gasteiger partial charge is 0.524 e. The Hall–Kier alpha value is -8.47. The minimum Gasteiger partial charge on any atom is -0.390 e. The Balaban J connectivity index is 0.000000353. The molecule has 0 aliphatic carbocycles. The van der Waals surface area contributed by atoms with Gasteiger partial charge >= 0.3 is 31.3 Å². The highest BCUT2D eigenvalue weighted by molar-refractivity contribution is 8.00. The molecule has 6 aromatic rings. The van der Waals surface area contributed by atoms with E-state index in [2.05, 4.69) is 60.2 Å². The molecule has 0 spiro atoms. The number of pyridine rings is 3. The van der Waals surface area contributed by atoms with Gasteiger partial charge in [-0.25, -0.2) is 45.1 Å². The van der Waals surface area contributed by atoms with Crippen LogP contribution >= 0.6 is 35.7 Å². The van der Waals surface area contributed by atoms with Crippen molar-refractivity contribution in [3.8, 4) is 40.7 Å². The average Bonchev–Trinajstić information content (AvgIpc) is 0.765. The number of H-pyrrole nitrogens is 1. The summed E-state index contributed by atoms with van der Waals surface area (Å²) >= 11 is 6.46. The number of benzene rings is 1. The van der Waals surface area contributed by atoms with Crippen LogP contribution < -0.4 is 16.4 Å². The highest BCUT2D eigenvalue weighted by Gasteiger charge is 2.57. The third-order valence-electron chi connectivity index (χ3n) is 13.6. The molecule has 1 amide bonds. The van der Waals surface area contributed by atoms with Gasteiger partial charge in [0, 0.05) is 69.5 Å². The number of aromatic nitrogens is 7. The van der Waals surface area contributed by atoms with Gasteiger partial charge in [-0.3, -0.25) is 38.1 Å². The van der Waals surface area contributed by atoms with Crippen molar-refractivity contribution in [2.24, 2.45) is 0 Å². The number of fused-ring (bicyclic) bond motifs is 1. The van der Waals surface area contributed by atoms with Crippen LogP contribution in [0.5, 0.6) is 0 Å². The molecule has 2 aliphatic heterocycles. The van der Waals surface area contributed by atoms with Gasteiger partial charge in [0.1, 0.15) is 67.9 Å². The maximum Gasteiger partial charge on any atom is 0.524 e. The molecule has 0 radical (unpaired) electrons. The zero-order chi connectivity index (χ0) is 84.6. The molecule has 8 rings (SSSR count). The van der Waals surface area contributed by atoms with E-state index in [4.69, 9.17) is 37.9 Å². The van der Waals surface area contributed by atoms with Gasteiger partial charge in [0.2, 0.25) is 0 Å². The normalized spacial score (nSPS) is 14.2. The number of nitrogens with zero attached hydrogens (tertiary/aromatic N) is 9. The molecule has 1 aromatic carbocycles. The zero-order valence-corrected chi connectivity index (χ0v) is 63.8. The molecule has 0 unspecified atom stereocenters. The fourth-order valence-corrected chi connectivity index (χ4v) is 12.2. The number of carbonyl (C=O) groups excluding carboxylic acids is 1. The highest BCUT2D eigenvalue weighted by Crippen LogP contribution is 2.36. The van der Waals surface area contributed by atoms with Crippen LogP contribution in [0.2, 0.25) is 0 Å². The summed E-state index contributed by atoms with van der Waals surface area (Å²) in [5.74, 6) is -14.8. The number of nitriles is 3. The van der Waals surface area contributed by atoms with E-state index in [0.717, 1.165) is 44.5 Å². The zero-order valence-electron chi connectivity index (χ0n) is 58.9. The molecular formula is C64H67F14N11O15S6. The minimum absolute atomic E-state index is 0.0375. The smallest absolute Gasteiger partial charge is 0.390 e. The van der Waals surface area contributed by atoms with Crippen LogP contribution in [-0.4, -0.2) is 170 Å². The lowest BCUT2D eigenvalue weighted by molar-refractivity contribution is -0.115. The van der Waals surface area contributed by atoms with E-state index in [1.807, 2.05) is 69.4 Å². The Morgan fingerprint density at radius 2 is 1.04 bits per heavy atom. The predicted octanol–water partition coefficient (Wildman–Crippen LogP) is 10.1. The van der Waals surface area contributed by atoms with Crippen molar-refractivity contribution in [2.75, 3.05) is 44.5 Å². The van der Waals surface area contributed by atoms with Crippen molar-refractivity contribution in [3.05, 3.63) is 145 Å². The summed E-state index contributed by atoms with van der Waals surface area (Å²) in [6.45, 7) is 12.6. The van der Waals surface area contributed by atoms with Crippen molar-refractivity contribution >= 4 is 82.6 Å². The van der Waals surface area contributed by atoms with Crippen LogP contribution in [0.15, 0.2) is 110 Å². The Bertz CT molecular complexity index is 4860. The molecule has 0 saturated carbocycles. The van der Waals surface area contributed by atoms with Crippen molar-refractivity contribution in [1.29, 1.82) is 15.8 Å².